The van der Waals surface area contributed by atoms with Gasteiger partial charge in [0.25, 0.3) is 0 Å². The van der Waals surface area contributed by atoms with Crippen LogP contribution in [-0.4, -0.2) is 32.6 Å². The van der Waals surface area contributed by atoms with E-state index in [-0.39, 0.29) is 12.4 Å². The van der Waals surface area contributed by atoms with E-state index in [4.69, 9.17) is 10.6 Å². The second-order valence-electron chi connectivity index (χ2n) is 6.88. The van der Waals surface area contributed by atoms with E-state index in [1.54, 1.807) is 0 Å². The van der Waals surface area contributed by atoms with Crippen molar-refractivity contribution in [3.63, 3.8) is 0 Å². The fraction of sp³-hybridized carbons (Fsp3) is 0.300. The molecule has 3 aromatic rings. The molecule has 164 valence electrons. The number of nitrogens with zero attached hydrogens (tertiary/aromatic N) is 3. The van der Waals surface area contributed by atoms with Crippen LogP contribution in [0.1, 0.15) is 36.0 Å². The largest absolute Gasteiger partial charge is 0.486 e. The van der Waals surface area contributed by atoms with E-state index < -0.39 is 11.9 Å². The molecule has 0 fully saturated rings. The molecule has 2 aromatic heterocycles. The minimum Gasteiger partial charge on any atom is -0.486 e. The zero-order chi connectivity index (χ0) is 22.2. The zero-order valence-corrected chi connectivity index (χ0v) is 18.8. The molecule has 31 heavy (non-hydrogen) atoms. The molecule has 2 heterocycles. The van der Waals surface area contributed by atoms with Crippen LogP contribution in [0.4, 0.5) is 4.79 Å². The lowest BCUT2D eigenvalue weighted by molar-refractivity contribution is -0.117. The highest BCUT2D eigenvalue weighted by Crippen LogP contribution is 2.20. The number of carbonyl (C=O) groups is 2. The quantitative estimate of drug-likeness (QED) is 0.331. The summed E-state index contributed by atoms with van der Waals surface area (Å²) in [6.45, 7) is 4.76. The Bertz CT molecular complexity index is 1000. The molecule has 9 nitrogen and oxygen atoms in total. The van der Waals surface area contributed by atoms with Crippen molar-refractivity contribution >= 4 is 35.0 Å². The monoisotopic (exact) mass is 460 g/mol. The second-order valence-corrected chi connectivity index (χ2v) is 8.85. The Labute approximate surface area is 188 Å². The topological polar surface area (TPSA) is 124 Å². The molecular weight excluding hydrogens is 436 g/mol. The number of thioether (sulfide) groups is 1. The average molecular weight is 461 g/mol. The molecule has 0 aliphatic carbocycles. The maximum absolute atomic E-state index is 12.0. The van der Waals surface area contributed by atoms with Crippen LogP contribution >= 0.6 is 23.1 Å². The Hall–Kier alpha value is -3.05. The Morgan fingerprint density at radius 1 is 1.23 bits per heavy atom. The van der Waals surface area contributed by atoms with Crippen LogP contribution < -0.4 is 21.2 Å². The van der Waals surface area contributed by atoms with Gasteiger partial charge in [-0.25, -0.2) is 9.47 Å². The summed E-state index contributed by atoms with van der Waals surface area (Å²) >= 11 is 2.61. The van der Waals surface area contributed by atoms with Gasteiger partial charge in [0.2, 0.25) is 11.1 Å². The molecule has 0 aliphatic heterocycles. The van der Waals surface area contributed by atoms with E-state index in [1.165, 1.54) is 21.6 Å². The van der Waals surface area contributed by atoms with Crippen molar-refractivity contribution in [3.8, 4) is 5.75 Å². The van der Waals surface area contributed by atoms with Crippen LogP contribution in [0.25, 0.3) is 0 Å². The van der Waals surface area contributed by atoms with Crippen molar-refractivity contribution in [2.45, 2.75) is 38.1 Å². The van der Waals surface area contributed by atoms with Gasteiger partial charge in [-0.3, -0.25) is 10.1 Å². The van der Waals surface area contributed by atoms with E-state index in [9.17, 15) is 9.59 Å². The smallest absolute Gasteiger partial charge is 0.321 e. The molecule has 0 aliphatic rings. The van der Waals surface area contributed by atoms with Gasteiger partial charge in [-0.1, -0.05) is 43.8 Å². The summed E-state index contributed by atoms with van der Waals surface area (Å²) in [6, 6.07) is 11.1. The molecule has 0 radical (unpaired) electrons. The summed E-state index contributed by atoms with van der Waals surface area (Å²) in [5.74, 6) is 7.09. The summed E-state index contributed by atoms with van der Waals surface area (Å²) in [7, 11) is 0. The molecule has 0 bridgehead atoms. The number of urea groups is 1. The molecule has 3 rings (SSSR count). The van der Waals surface area contributed by atoms with E-state index in [0.717, 1.165) is 16.6 Å². The van der Waals surface area contributed by atoms with Crippen molar-refractivity contribution in [2.24, 2.45) is 0 Å². The number of nitrogen functional groups attached to an aromatic ring is 1. The number of thiophene rings is 1. The van der Waals surface area contributed by atoms with Crippen molar-refractivity contribution in [3.05, 3.63) is 58.0 Å². The third-order valence-electron chi connectivity index (χ3n) is 4.24. The van der Waals surface area contributed by atoms with Gasteiger partial charge < -0.3 is 15.9 Å². The van der Waals surface area contributed by atoms with Crippen LogP contribution in [0.15, 0.2) is 46.9 Å². The van der Waals surface area contributed by atoms with Gasteiger partial charge in [0.1, 0.15) is 12.4 Å². The highest BCUT2D eigenvalue weighted by atomic mass is 32.2. The molecule has 0 unspecified atom stereocenters. The van der Waals surface area contributed by atoms with Gasteiger partial charge in [0.15, 0.2) is 5.82 Å². The number of benzene rings is 1. The predicted octanol–water partition coefficient (Wildman–Crippen LogP) is 2.87. The van der Waals surface area contributed by atoms with Gasteiger partial charge in [-0.2, -0.15) is 0 Å². The first kappa shape index (κ1) is 22.6. The standard InChI is InChI=1S/C20H24N6O3S2/c1-13(2)14-5-7-15(8-6-14)29-11-17-24-25-20(26(17)21)31-12-18(27)23-19(28)22-10-16-4-3-9-30-16/h3-9,13H,10-12,21H2,1-2H3,(H2,22,23,27,28). The lowest BCUT2D eigenvalue weighted by atomic mass is 10.0. The van der Waals surface area contributed by atoms with E-state index in [0.29, 0.717) is 29.2 Å². The number of nitrogens with one attached hydrogen (secondary N) is 2. The molecule has 0 spiro atoms. The van der Waals surface area contributed by atoms with Crippen LogP contribution in [0, 0.1) is 0 Å². The number of imide groups is 1. The number of hydrogen-bond acceptors (Lipinski definition) is 8. The number of hydrogen-bond donors (Lipinski definition) is 3. The Kier molecular flexibility index (Phi) is 7.90. The van der Waals surface area contributed by atoms with Gasteiger partial charge in [-0.05, 0) is 35.1 Å². The molecule has 0 saturated carbocycles. The molecular formula is C20H24N6O3S2. The van der Waals surface area contributed by atoms with Crippen molar-refractivity contribution in [1.29, 1.82) is 0 Å². The van der Waals surface area contributed by atoms with Gasteiger partial charge in [0.05, 0.1) is 12.3 Å². The lowest BCUT2D eigenvalue weighted by Gasteiger charge is -2.09. The Morgan fingerprint density at radius 3 is 2.68 bits per heavy atom. The third kappa shape index (κ3) is 6.72. The number of amides is 3. The molecule has 0 saturated heterocycles. The summed E-state index contributed by atoms with van der Waals surface area (Å²) in [6.07, 6.45) is 0. The van der Waals surface area contributed by atoms with Crippen molar-refractivity contribution in [2.75, 3.05) is 11.6 Å². The molecule has 3 amide bonds. The normalized spacial score (nSPS) is 10.8. The molecule has 1 aromatic carbocycles. The van der Waals surface area contributed by atoms with Gasteiger partial charge in [-0.15, -0.1) is 21.5 Å². The van der Waals surface area contributed by atoms with Crippen LogP contribution in [0.3, 0.4) is 0 Å². The van der Waals surface area contributed by atoms with Gasteiger partial charge in [0, 0.05) is 4.88 Å². The predicted molar refractivity (Wildman–Crippen MR) is 120 cm³/mol. The van der Waals surface area contributed by atoms with Crippen LogP contribution in [0.5, 0.6) is 5.75 Å². The number of rotatable bonds is 9. The van der Waals surface area contributed by atoms with E-state index in [1.807, 2.05) is 41.8 Å². The highest BCUT2D eigenvalue weighted by molar-refractivity contribution is 7.99. The molecule has 11 heteroatoms. The maximum atomic E-state index is 12.0. The van der Waals surface area contributed by atoms with Crippen molar-refractivity contribution < 1.29 is 14.3 Å². The first-order valence-corrected chi connectivity index (χ1v) is 11.4. The van der Waals surface area contributed by atoms with E-state index in [2.05, 4.69) is 34.7 Å². The fourth-order valence-electron chi connectivity index (χ4n) is 2.52. The second kappa shape index (κ2) is 10.8. The SMILES string of the molecule is CC(C)c1ccc(OCc2nnc(SCC(=O)NC(=O)NCc3cccs3)n2N)cc1. The minimum absolute atomic E-state index is 0.0285. The maximum Gasteiger partial charge on any atom is 0.321 e. The van der Waals surface area contributed by atoms with Crippen LogP contribution in [0.2, 0.25) is 0 Å². The zero-order valence-electron chi connectivity index (χ0n) is 17.2. The summed E-state index contributed by atoms with van der Waals surface area (Å²) < 4.78 is 6.99. The summed E-state index contributed by atoms with van der Waals surface area (Å²) in [4.78, 5) is 24.8. The first-order chi connectivity index (χ1) is 14.9. The number of aromatic nitrogens is 3. The average Bonchev–Trinajstić information content (AvgIpc) is 3.39. The lowest BCUT2D eigenvalue weighted by Crippen LogP contribution is -2.39. The third-order valence-corrected chi connectivity index (χ3v) is 6.06. The first-order valence-electron chi connectivity index (χ1n) is 9.57. The van der Waals surface area contributed by atoms with E-state index >= 15 is 0 Å². The fourth-order valence-corrected chi connectivity index (χ4v) is 3.84. The number of nitrogens with two attached hydrogens (primary N) is 1. The molecule has 4 N–H and O–H groups in total. The Morgan fingerprint density at radius 2 is 2.00 bits per heavy atom. The highest BCUT2D eigenvalue weighted by Gasteiger charge is 2.14. The Balaban J connectivity index is 1.43. The molecule has 0 atom stereocenters. The summed E-state index contributed by atoms with van der Waals surface area (Å²) in [5, 5.41) is 15.1. The number of ether oxygens (including phenoxy) is 1. The summed E-state index contributed by atoms with van der Waals surface area (Å²) in [5.41, 5.74) is 1.23. The van der Waals surface area contributed by atoms with Crippen molar-refractivity contribution in [1.82, 2.24) is 25.5 Å². The van der Waals surface area contributed by atoms with Crippen LogP contribution in [-0.2, 0) is 17.9 Å². The number of carbonyl (C=O) groups excluding carboxylic acids is 2. The van der Waals surface area contributed by atoms with Gasteiger partial charge >= 0.3 is 6.03 Å². The minimum atomic E-state index is -0.550.